The zero-order chi connectivity index (χ0) is 19.6. The Labute approximate surface area is 168 Å². The summed E-state index contributed by atoms with van der Waals surface area (Å²) >= 11 is 1.14. The van der Waals surface area contributed by atoms with Gasteiger partial charge >= 0.3 is 11.8 Å². The van der Waals surface area contributed by atoms with Gasteiger partial charge in [-0.3, -0.25) is 4.79 Å². The molecule has 2 aromatic rings. The van der Waals surface area contributed by atoms with Gasteiger partial charge in [0.2, 0.25) is 5.89 Å². The van der Waals surface area contributed by atoms with Crippen molar-refractivity contribution in [3.05, 3.63) is 17.3 Å². The number of hydrogen-bond acceptors (Lipinski definition) is 7. The van der Waals surface area contributed by atoms with Gasteiger partial charge in [-0.25, -0.2) is 8.42 Å². The fraction of sp³-hybridized carbons (Fsp3) is 0.611. The van der Waals surface area contributed by atoms with E-state index >= 15 is 0 Å². The highest BCUT2D eigenvalue weighted by Gasteiger charge is 2.28. The van der Waals surface area contributed by atoms with Crippen LogP contribution in [0.15, 0.2) is 20.1 Å². The Bertz CT molecular complexity index is 923. The number of piperidine rings is 1. The third-order valence-electron chi connectivity index (χ3n) is 5.23. The molecule has 0 N–H and O–H groups in total. The molecule has 4 rings (SSSR count). The Hall–Kier alpha value is -1.78. The Morgan fingerprint density at radius 2 is 1.61 bits per heavy atom. The number of hydrogen-bond donors (Lipinski definition) is 0. The lowest BCUT2D eigenvalue weighted by atomic mass is 10.1. The molecule has 0 unspecified atom stereocenters. The first kappa shape index (κ1) is 19.5. The van der Waals surface area contributed by atoms with Crippen molar-refractivity contribution in [2.45, 2.75) is 49.2 Å². The third-order valence-corrected chi connectivity index (χ3v) is 8.55. The van der Waals surface area contributed by atoms with E-state index in [4.69, 9.17) is 4.42 Å². The number of aromatic nitrogens is 2. The van der Waals surface area contributed by atoms with E-state index in [1.807, 2.05) is 0 Å². The first-order valence-corrected chi connectivity index (χ1v) is 12.1. The van der Waals surface area contributed by atoms with Crippen LogP contribution in [-0.2, 0) is 10.0 Å². The number of thiophene rings is 1. The highest BCUT2D eigenvalue weighted by atomic mass is 32.2. The van der Waals surface area contributed by atoms with E-state index < -0.39 is 10.0 Å². The van der Waals surface area contributed by atoms with E-state index in [9.17, 15) is 13.2 Å². The van der Waals surface area contributed by atoms with Crippen molar-refractivity contribution in [2.24, 2.45) is 0 Å². The number of carbonyl (C=O) groups excluding carboxylic acids is 1. The summed E-state index contributed by atoms with van der Waals surface area (Å²) in [4.78, 5) is 14.2. The van der Waals surface area contributed by atoms with Gasteiger partial charge < -0.3 is 9.32 Å². The third kappa shape index (κ3) is 3.99. The fourth-order valence-electron chi connectivity index (χ4n) is 3.63. The molecule has 0 bridgehead atoms. The van der Waals surface area contributed by atoms with Gasteiger partial charge in [-0.15, -0.1) is 21.5 Å². The van der Waals surface area contributed by atoms with Crippen LogP contribution in [0.2, 0.25) is 0 Å². The first-order chi connectivity index (χ1) is 13.6. The Morgan fingerprint density at radius 1 is 0.964 bits per heavy atom. The molecule has 2 saturated heterocycles. The molecule has 10 heteroatoms. The van der Waals surface area contributed by atoms with Crippen LogP contribution in [0.1, 0.15) is 55.6 Å². The minimum atomic E-state index is -3.51. The molecule has 2 aliphatic heterocycles. The van der Waals surface area contributed by atoms with Gasteiger partial charge in [-0.05, 0) is 38.2 Å². The van der Waals surface area contributed by atoms with Gasteiger partial charge in [0.05, 0.1) is 5.56 Å². The molecule has 0 radical (unpaired) electrons. The molecule has 2 fully saturated rings. The summed E-state index contributed by atoms with van der Waals surface area (Å²) in [7, 11) is -3.51. The first-order valence-electron chi connectivity index (χ1n) is 9.77. The van der Waals surface area contributed by atoms with Crippen LogP contribution in [0.4, 0.5) is 0 Å². The molecule has 8 nitrogen and oxygen atoms in total. The molecule has 0 spiro atoms. The quantitative estimate of drug-likeness (QED) is 0.749. The molecule has 4 heterocycles. The highest BCUT2D eigenvalue weighted by Crippen LogP contribution is 2.31. The van der Waals surface area contributed by atoms with Gasteiger partial charge in [-0.1, -0.05) is 12.8 Å². The van der Waals surface area contributed by atoms with Crippen molar-refractivity contribution < 1.29 is 17.6 Å². The molecule has 0 aromatic carbocycles. The molecule has 2 aromatic heterocycles. The summed E-state index contributed by atoms with van der Waals surface area (Å²) in [5, 5.41) is 9.53. The maximum Gasteiger partial charge on any atom is 0.311 e. The Morgan fingerprint density at radius 3 is 2.32 bits per heavy atom. The molecular formula is C18H24N4O4S2. The van der Waals surface area contributed by atoms with Crippen molar-refractivity contribution in [3.8, 4) is 11.5 Å². The smallest absolute Gasteiger partial charge is 0.311 e. The summed E-state index contributed by atoms with van der Waals surface area (Å²) < 4.78 is 33.2. The van der Waals surface area contributed by atoms with Crippen LogP contribution in [-0.4, -0.2) is 59.9 Å². The van der Waals surface area contributed by atoms with Crippen molar-refractivity contribution in [1.82, 2.24) is 19.4 Å². The van der Waals surface area contributed by atoms with Crippen molar-refractivity contribution in [3.63, 3.8) is 0 Å². The lowest BCUT2D eigenvalue weighted by Crippen LogP contribution is -2.35. The summed E-state index contributed by atoms with van der Waals surface area (Å²) in [5.74, 6) is -0.125. The van der Waals surface area contributed by atoms with E-state index in [2.05, 4.69) is 10.2 Å². The molecule has 0 saturated carbocycles. The Balaban J connectivity index is 1.51. The standard InChI is InChI=1S/C18H24N4O4S2/c23-18(21-8-4-3-5-9-21)17-20-19-16(26-17)14-12-15(27-13-14)28(24,25)22-10-6-1-2-7-11-22/h12-13H,1-11H2. The predicted molar refractivity (Wildman–Crippen MR) is 105 cm³/mol. The number of amides is 1. The summed E-state index contributed by atoms with van der Waals surface area (Å²) in [6.45, 7) is 2.52. The second-order valence-electron chi connectivity index (χ2n) is 7.24. The van der Waals surface area contributed by atoms with Crippen LogP contribution >= 0.6 is 11.3 Å². The number of rotatable bonds is 4. The zero-order valence-corrected chi connectivity index (χ0v) is 17.3. The van der Waals surface area contributed by atoms with Gasteiger partial charge in [0, 0.05) is 31.6 Å². The SMILES string of the molecule is O=C(c1nnc(-c2csc(S(=O)(=O)N3CCCCCC3)c2)o1)N1CCCCC1. The van der Waals surface area contributed by atoms with E-state index in [0.717, 1.165) is 56.3 Å². The maximum absolute atomic E-state index is 12.9. The number of carbonyl (C=O) groups is 1. The van der Waals surface area contributed by atoms with Crippen LogP contribution in [0.25, 0.3) is 11.5 Å². The predicted octanol–water partition coefficient (Wildman–Crippen LogP) is 2.99. The maximum atomic E-state index is 12.9. The monoisotopic (exact) mass is 424 g/mol. The number of likely N-dealkylation sites (tertiary alicyclic amines) is 1. The summed E-state index contributed by atoms with van der Waals surface area (Å²) in [5.41, 5.74) is 0.531. The average molecular weight is 425 g/mol. The molecular weight excluding hydrogens is 400 g/mol. The van der Waals surface area contributed by atoms with Crippen LogP contribution in [0.3, 0.4) is 0 Å². The van der Waals surface area contributed by atoms with E-state index in [1.165, 1.54) is 0 Å². The second-order valence-corrected chi connectivity index (χ2v) is 10.3. The topological polar surface area (TPSA) is 96.6 Å². The van der Waals surface area contributed by atoms with E-state index in [0.29, 0.717) is 31.7 Å². The normalized spacial score (nSPS) is 19.5. The molecule has 1 amide bonds. The Kier molecular flexibility index (Phi) is 5.79. The second kappa shape index (κ2) is 8.30. The molecule has 0 atom stereocenters. The van der Waals surface area contributed by atoms with Crippen molar-refractivity contribution in [1.29, 1.82) is 0 Å². The largest absolute Gasteiger partial charge is 0.412 e. The van der Waals surface area contributed by atoms with Crippen LogP contribution in [0.5, 0.6) is 0 Å². The van der Waals surface area contributed by atoms with E-state index in [-0.39, 0.29) is 21.9 Å². The molecule has 152 valence electrons. The van der Waals surface area contributed by atoms with Gasteiger partial charge in [0.15, 0.2) is 0 Å². The summed E-state index contributed by atoms with van der Waals surface area (Å²) in [6, 6.07) is 1.56. The number of sulfonamides is 1. The van der Waals surface area contributed by atoms with Crippen LogP contribution in [0, 0.1) is 0 Å². The minimum absolute atomic E-state index is 0.0416. The summed E-state index contributed by atoms with van der Waals surface area (Å²) in [6.07, 6.45) is 7.01. The van der Waals surface area contributed by atoms with Gasteiger partial charge in [0.25, 0.3) is 10.0 Å². The number of nitrogens with zero attached hydrogens (tertiary/aromatic N) is 4. The lowest BCUT2D eigenvalue weighted by molar-refractivity contribution is 0.0684. The van der Waals surface area contributed by atoms with Crippen molar-refractivity contribution in [2.75, 3.05) is 26.2 Å². The van der Waals surface area contributed by atoms with Gasteiger partial charge in [-0.2, -0.15) is 4.31 Å². The average Bonchev–Trinajstić information content (AvgIpc) is 3.32. The zero-order valence-electron chi connectivity index (χ0n) is 15.7. The molecule has 0 aliphatic carbocycles. The lowest BCUT2D eigenvalue weighted by Gasteiger charge is -2.24. The fourth-order valence-corrected chi connectivity index (χ4v) is 6.46. The molecule has 28 heavy (non-hydrogen) atoms. The van der Waals surface area contributed by atoms with Crippen LogP contribution < -0.4 is 0 Å². The highest BCUT2D eigenvalue weighted by molar-refractivity contribution is 7.91. The minimum Gasteiger partial charge on any atom is -0.412 e. The van der Waals surface area contributed by atoms with E-state index in [1.54, 1.807) is 20.7 Å². The molecule has 2 aliphatic rings. The van der Waals surface area contributed by atoms with Gasteiger partial charge in [0.1, 0.15) is 4.21 Å². The van der Waals surface area contributed by atoms with Crippen molar-refractivity contribution >= 4 is 27.3 Å².